The van der Waals surface area contributed by atoms with E-state index >= 15 is 0 Å². The minimum absolute atomic E-state index is 0.197. The first-order valence-electron chi connectivity index (χ1n) is 6.78. The molecule has 25 heavy (non-hydrogen) atoms. The van der Waals surface area contributed by atoms with E-state index in [-0.39, 0.29) is 19.8 Å². The van der Waals surface area contributed by atoms with E-state index in [4.69, 9.17) is 34.8 Å². The average Bonchev–Trinajstić information content (AvgIpc) is 2.49. The largest absolute Gasteiger partial charge is 0.477 e. The third-order valence-electron chi connectivity index (χ3n) is 3.24. The first-order valence-corrected chi connectivity index (χ1v) is 8.73. The maximum absolute atomic E-state index is 13.3. The van der Waals surface area contributed by atoms with Crippen LogP contribution in [0.2, 0.25) is 10.0 Å². The number of carboxylic acid groups (broad SMARTS) is 1. The van der Waals surface area contributed by atoms with Gasteiger partial charge in [-0.1, -0.05) is 48.0 Å². The number of aromatic amines is 1. The van der Waals surface area contributed by atoms with Crippen LogP contribution in [0.15, 0.2) is 32.8 Å². The summed E-state index contributed by atoms with van der Waals surface area (Å²) in [5.74, 6) is -1.58. The highest BCUT2D eigenvalue weighted by molar-refractivity contribution is 7.99. The van der Waals surface area contributed by atoms with E-state index in [0.717, 1.165) is 11.6 Å². The van der Waals surface area contributed by atoms with Gasteiger partial charge in [0.25, 0.3) is 5.56 Å². The molecule has 0 spiro atoms. The smallest absolute Gasteiger partial charge is 0.362 e. The SMILES string of the molecule is CCc1ccc(Cl)c(Sc2cc(C(F)(F)Cl)[nH]c(=O)c2C(=O)O)c1Cl. The molecule has 134 valence electrons. The van der Waals surface area contributed by atoms with Gasteiger partial charge in [-0.2, -0.15) is 8.78 Å². The van der Waals surface area contributed by atoms with Crippen LogP contribution in [-0.2, 0) is 11.8 Å². The summed E-state index contributed by atoms with van der Waals surface area (Å²) < 4.78 is 26.7. The Hall–Kier alpha value is -1.28. The molecule has 0 fully saturated rings. The molecule has 1 aromatic heterocycles. The number of halogens is 5. The number of pyridine rings is 1. The molecular formula is C15H10Cl3F2NO3S. The number of hydrogen-bond acceptors (Lipinski definition) is 3. The van der Waals surface area contributed by atoms with Crippen molar-refractivity contribution in [2.45, 2.75) is 28.5 Å². The molecular weight excluding hydrogens is 419 g/mol. The molecule has 4 nitrogen and oxygen atoms in total. The first kappa shape index (κ1) is 20.0. The Morgan fingerprint density at radius 3 is 2.52 bits per heavy atom. The van der Waals surface area contributed by atoms with Crippen molar-refractivity contribution < 1.29 is 18.7 Å². The van der Waals surface area contributed by atoms with Crippen molar-refractivity contribution >= 4 is 52.5 Å². The van der Waals surface area contributed by atoms with Crippen molar-refractivity contribution in [1.29, 1.82) is 0 Å². The Morgan fingerprint density at radius 2 is 2.00 bits per heavy atom. The van der Waals surface area contributed by atoms with Crippen LogP contribution in [0.1, 0.15) is 28.5 Å². The summed E-state index contributed by atoms with van der Waals surface area (Å²) in [6.07, 6.45) is 0.579. The zero-order valence-corrected chi connectivity index (χ0v) is 15.6. The van der Waals surface area contributed by atoms with Crippen molar-refractivity contribution in [3.05, 3.63) is 55.4 Å². The van der Waals surface area contributed by atoms with E-state index in [2.05, 4.69) is 0 Å². The lowest BCUT2D eigenvalue weighted by atomic mass is 10.2. The van der Waals surface area contributed by atoms with Gasteiger partial charge < -0.3 is 10.1 Å². The topological polar surface area (TPSA) is 70.2 Å². The van der Waals surface area contributed by atoms with Crippen LogP contribution < -0.4 is 5.56 Å². The molecule has 1 aromatic carbocycles. The van der Waals surface area contributed by atoms with E-state index in [0.29, 0.717) is 18.2 Å². The third kappa shape index (κ3) is 4.28. The standard InChI is InChI=1S/C15H10Cl3F2NO3S/c1-2-6-3-4-7(16)12(11(6)17)25-8-5-9(15(18,19)20)21-13(22)10(8)14(23)24/h3-5H,2H2,1H3,(H,21,22)(H,23,24). The number of carboxylic acids is 1. The van der Waals surface area contributed by atoms with Gasteiger partial charge in [0, 0.05) is 9.79 Å². The molecule has 0 amide bonds. The minimum Gasteiger partial charge on any atom is -0.477 e. The third-order valence-corrected chi connectivity index (χ3v) is 5.58. The average molecular weight is 429 g/mol. The van der Waals surface area contributed by atoms with Gasteiger partial charge in [0.05, 0.1) is 10.0 Å². The number of aryl methyl sites for hydroxylation is 1. The Kier molecular flexibility index (Phi) is 6.04. The fourth-order valence-corrected chi connectivity index (χ4v) is 3.92. The summed E-state index contributed by atoms with van der Waals surface area (Å²) in [7, 11) is 0. The molecule has 0 radical (unpaired) electrons. The van der Waals surface area contributed by atoms with Gasteiger partial charge in [0.1, 0.15) is 11.3 Å². The van der Waals surface area contributed by atoms with Crippen LogP contribution in [0, 0.1) is 0 Å². The molecule has 2 aromatic rings. The van der Waals surface area contributed by atoms with Crippen LogP contribution in [0.25, 0.3) is 0 Å². The van der Waals surface area contributed by atoms with Gasteiger partial charge in [-0.15, -0.1) is 0 Å². The molecule has 2 rings (SSSR count). The molecule has 2 N–H and O–H groups in total. The van der Waals surface area contributed by atoms with Crippen LogP contribution in [-0.4, -0.2) is 16.1 Å². The number of benzene rings is 1. The van der Waals surface area contributed by atoms with E-state index in [1.807, 2.05) is 6.92 Å². The highest BCUT2D eigenvalue weighted by Crippen LogP contribution is 2.42. The van der Waals surface area contributed by atoms with Crippen LogP contribution in [0.4, 0.5) is 8.78 Å². The van der Waals surface area contributed by atoms with Gasteiger partial charge >= 0.3 is 11.4 Å². The number of nitrogens with one attached hydrogen (secondary N) is 1. The predicted octanol–water partition coefficient (Wildman–Crippen LogP) is 5.38. The van der Waals surface area contributed by atoms with E-state index in [9.17, 15) is 23.5 Å². The molecule has 0 saturated carbocycles. The lowest BCUT2D eigenvalue weighted by Crippen LogP contribution is -2.23. The molecule has 0 aliphatic rings. The summed E-state index contributed by atoms with van der Waals surface area (Å²) in [6.45, 7) is 1.85. The van der Waals surface area contributed by atoms with Gasteiger partial charge in [-0.3, -0.25) is 4.79 Å². The molecule has 0 aliphatic heterocycles. The molecule has 0 atom stereocenters. The molecule has 0 unspecified atom stereocenters. The quantitative estimate of drug-likeness (QED) is 0.627. The van der Waals surface area contributed by atoms with E-state index < -0.39 is 28.2 Å². The first-order chi connectivity index (χ1) is 11.6. The maximum atomic E-state index is 13.3. The van der Waals surface area contributed by atoms with Crippen molar-refractivity contribution in [3.8, 4) is 0 Å². The van der Waals surface area contributed by atoms with Crippen LogP contribution in [0.3, 0.4) is 0 Å². The van der Waals surface area contributed by atoms with Gasteiger partial charge in [-0.25, -0.2) is 4.79 Å². The van der Waals surface area contributed by atoms with E-state index in [1.165, 1.54) is 0 Å². The highest BCUT2D eigenvalue weighted by atomic mass is 35.5. The second-order valence-electron chi connectivity index (χ2n) is 4.86. The molecule has 0 bridgehead atoms. The Morgan fingerprint density at radius 1 is 1.36 bits per heavy atom. The highest BCUT2D eigenvalue weighted by Gasteiger charge is 2.32. The number of alkyl halides is 3. The van der Waals surface area contributed by atoms with Crippen molar-refractivity contribution in [3.63, 3.8) is 0 Å². The lowest BCUT2D eigenvalue weighted by molar-refractivity contribution is 0.0686. The maximum Gasteiger partial charge on any atom is 0.362 e. The summed E-state index contributed by atoms with van der Waals surface area (Å²) in [4.78, 5) is 25.1. The van der Waals surface area contributed by atoms with Gasteiger partial charge in [0.15, 0.2) is 0 Å². The minimum atomic E-state index is -3.87. The van der Waals surface area contributed by atoms with Crippen molar-refractivity contribution in [2.24, 2.45) is 0 Å². The Bertz CT molecular complexity index is 897. The fraction of sp³-hybridized carbons (Fsp3) is 0.200. The number of H-pyrrole nitrogens is 1. The molecule has 0 saturated heterocycles. The molecule has 0 aliphatic carbocycles. The van der Waals surface area contributed by atoms with Crippen LogP contribution >= 0.6 is 46.6 Å². The second kappa shape index (κ2) is 7.53. The summed E-state index contributed by atoms with van der Waals surface area (Å²) in [5.41, 5.74) is -2.10. The number of aromatic nitrogens is 1. The number of rotatable bonds is 5. The Balaban J connectivity index is 2.69. The molecule has 1 heterocycles. The van der Waals surface area contributed by atoms with E-state index in [1.54, 1.807) is 17.1 Å². The number of aromatic carboxylic acids is 1. The zero-order chi connectivity index (χ0) is 18.9. The van der Waals surface area contributed by atoms with Crippen molar-refractivity contribution in [2.75, 3.05) is 0 Å². The van der Waals surface area contributed by atoms with Gasteiger partial charge in [-0.05, 0) is 35.7 Å². The van der Waals surface area contributed by atoms with Crippen LogP contribution in [0.5, 0.6) is 0 Å². The number of carbonyl (C=O) groups is 1. The number of hydrogen-bond donors (Lipinski definition) is 2. The summed E-state index contributed by atoms with van der Waals surface area (Å²) >= 11 is 18.0. The Labute approximate surface area is 160 Å². The van der Waals surface area contributed by atoms with Gasteiger partial charge in [0.2, 0.25) is 0 Å². The fourth-order valence-electron chi connectivity index (χ4n) is 2.02. The second-order valence-corrected chi connectivity index (χ2v) is 7.17. The summed E-state index contributed by atoms with van der Waals surface area (Å²) in [5, 5.41) is 5.82. The monoisotopic (exact) mass is 427 g/mol. The normalized spacial score (nSPS) is 11.6. The zero-order valence-electron chi connectivity index (χ0n) is 12.5. The van der Waals surface area contributed by atoms with Crippen molar-refractivity contribution in [1.82, 2.24) is 4.98 Å². The summed E-state index contributed by atoms with van der Waals surface area (Å²) in [6, 6.07) is 4.05. The molecule has 10 heteroatoms. The lowest BCUT2D eigenvalue weighted by Gasteiger charge is -2.14. The predicted molar refractivity (Wildman–Crippen MR) is 93.7 cm³/mol.